The van der Waals surface area contributed by atoms with E-state index in [2.05, 4.69) is 65.1 Å². The van der Waals surface area contributed by atoms with Crippen LogP contribution in [0.15, 0.2) is 22.2 Å². The summed E-state index contributed by atoms with van der Waals surface area (Å²) in [5.74, 6) is -1.31. The highest BCUT2D eigenvalue weighted by Gasteiger charge is 2.71. The molecule has 1 saturated heterocycles. The Morgan fingerprint density at radius 3 is 1.67 bits per heavy atom. The highest BCUT2D eigenvalue weighted by atomic mass is 35.5. The molecule has 0 radical (unpaired) electrons. The minimum absolute atomic E-state index is 0.113. The molecule has 8 atom stereocenters. The summed E-state index contributed by atoms with van der Waals surface area (Å²) < 4.78 is 31.1. The number of ether oxygens (including phenoxy) is 2. The molecule has 3 rings (SSSR count). The molecule has 0 bridgehead atoms. The molecule has 0 amide bonds. The van der Waals surface area contributed by atoms with Gasteiger partial charge in [-0.1, -0.05) is 92.4 Å². The van der Waals surface area contributed by atoms with Gasteiger partial charge in [0.2, 0.25) is 0 Å². The molecule has 3 aliphatic rings. The molecule has 11 nitrogen and oxygen atoms in total. The van der Waals surface area contributed by atoms with Gasteiger partial charge in [0.25, 0.3) is 5.54 Å². The Balaban J connectivity index is 0.000000365. The second-order valence-electron chi connectivity index (χ2n) is 14.3. The van der Waals surface area contributed by atoms with E-state index in [1.54, 1.807) is 6.92 Å². The molecular formula is C34H54Cl2N2O9Si2. The van der Waals surface area contributed by atoms with E-state index in [1.165, 1.54) is 24.9 Å². The van der Waals surface area contributed by atoms with Crippen molar-refractivity contribution in [1.82, 2.24) is 0 Å². The highest BCUT2D eigenvalue weighted by Crippen LogP contribution is 2.54. The molecule has 2 saturated carbocycles. The molecule has 49 heavy (non-hydrogen) atoms. The first kappa shape index (κ1) is 43.4. The molecule has 1 aliphatic heterocycles. The van der Waals surface area contributed by atoms with Crippen molar-refractivity contribution >= 4 is 52.3 Å². The lowest BCUT2D eigenvalue weighted by molar-refractivity contribution is -0.162. The summed E-state index contributed by atoms with van der Waals surface area (Å²) >= 11 is 12.0. The minimum atomic E-state index is -2.88. The zero-order valence-corrected chi connectivity index (χ0v) is 34.3. The van der Waals surface area contributed by atoms with Crippen molar-refractivity contribution in [3.05, 3.63) is 45.1 Å². The Bertz CT molecular complexity index is 1350. The third-order valence-electron chi connectivity index (χ3n) is 10.4. The van der Waals surface area contributed by atoms with Gasteiger partial charge in [-0.15, -0.1) is 0 Å². The number of hydrogen-bond donors (Lipinski definition) is 2. The predicted molar refractivity (Wildman–Crippen MR) is 193 cm³/mol. The van der Waals surface area contributed by atoms with Crippen LogP contribution >= 0.6 is 23.2 Å². The van der Waals surface area contributed by atoms with Crippen molar-refractivity contribution < 1.29 is 42.2 Å². The summed E-state index contributed by atoms with van der Waals surface area (Å²) in [4.78, 5) is 29.9. The number of aliphatic hydroxyl groups excluding tert-OH is 2. The van der Waals surface area contributed by atoms with Gasteiger partial charge in [0.1, 0.15) is 18.8 Å². The third kappa shape index (κ3) is 7.44. The van der Waals surface area contributed by atoms with Crippen LogP contribution in [-0.2, 0) is 32.0 Å². The Morgan fingerprint density at radius 1 is 0.878 bits per heavy atom. The fourth-order valence-corrected chi connectivity index (χ4v) is 19.5. The van der Waals surface area contributed by atoms with Crippen LogP contribution in [0.1, 0.15) is 89.5 Å². The predicted octanol–water partition coefficient (Wildman–Crippen LogP) is 7.15. The van der Waals surface area contributed by atoms with Crippen LogP contribution in [0.25, 0.3) is 9.69 Å². The van der Waals surface area contributed by atoms with Crippen molar-refractivity contribution in [3.8, 4) is 0 Å². The molecule has 276 valence electrons. The normalized spacial score (nSPS) is 35.1. The molecule has 2 N–H and O–H groups in total. The molecule has 0 aromatic heterocycles. The van der Waals surface area contributed by atoms with E-state index in [9.17, 15) is 19.8 Å². The van der Waals surface area contributed by atoms with Crippen LogP contribution < -0.4 is 0 Å². The van der Waals surface area contributed by atoms with Crippen molar-refractivity contribution in [2.45, 2.75) is 153 Å². The molecule has 0 spiro atoms. The van der Waals surface area contributed by atoms with Crippen LogP contribution in [0.3, 0.4) is 0 Å². The summed E-state index contributed by atoms with van der Waals surface area (Å²) in [6, 6.07) is 0. The molecule has 15 heteroatoms. The van der Waals surface area contributed by atoms with Crippen molar-refractivity contribution in [3.63, 3.8) is 0 Å². The monoisotopic (exact) mass is 760 g/mol. The van der Waals surface area contributed by atoms with Gasteiger partial charge >= 0.3 is 34.6 Å². The van der Waals surface area contributed by atoms with Crippen LogP contribution in [-0.4, -0.2) is 87.5 Å². The van der Waals surface area contributed by atoms with Crippen molar-refractivity contribution in [2.75, 3.05) is 6.61 Å². The second-order valence-corrected chi connectivity index (χ2v) is 23.6. The molecule has 0 aromatic carbocycles. The van der Waals surface area contributed by atoms with Crippen molar-refractivity contribution in [1.29, 1.82) is 0 Å². The van der Waals surface area contributed by atoms with Gasteiger partial charge < -0.3 is 37.5 Å². The van der Waals surface area contributed by atoms with E-state index < -0.39 is 77.3 Å². The maximum atomic E-state index is 11.3. The largest absolute Gasteiger partial charge is 0.458 e. The SMILES string of the molecule is [C-]#[N+][C@]1(CC)/C(=C\Cl)[C@H](OC(C)=O)[C@H](OC(C)=O)[C@@H]1C.[C-]#[N+][C@]1(CO)/C(=C\Cl)[C@@H]2O[Si](C(C)C)(C(C)C)O[Si](C(C)C)(C(C)C)O[C@@H]2[C@@H]1O. The molecule has 3 fully saturated rings. The first-order valence-corrected chi connectivity index (χ1v) is 21.6. The highest BCUT2D eigenvalue weighted by molar-refractivity contribution is 6.84. The van der Waals surface area contributed by atoms with Crippen LogP contribution in [0.2, 0.25) is 22.2 Å². The Hall–Kier alpha value is -1.79. The number of aliphatic hydroxyl groups is 2. The average molecular weight is 762 g/mol. The van der Waals surface area contributed by atoms with Gasteiger partial charge in [0, 0.05) is 31.3 Å². The van der Waals surface area contributed by atoms with Crippen LogP contribution in [0.4, 0.5) is 0 Å². The molecule has 1 heterocycles. The van der Waals surface area contributed by atoms with Crippen molar-refractivity contribution in [2.24, 2.45) is 5.92 Å². The van der Waals surface area contributed by atoms with Gasteiger partial charge in [0.15, 0.2) is 18.3 Å². The fourth-order valence-electron chi connectivity index (χ4n) is 7.67. The van der Waals surface area contributed by atoms with Gasteiger partial charge in [-0.3, -0.25) is 14.4 Å². The van der Waals surface area contributed by atoms with Crippen LogP contribution in [0.5, 0.6) is 0 Å². The van der Waals surface area contributed by atoms with E-state index in [1.807, 2.05) is 6.92 Å². The first-order chi connectivity index (χ1) is 22.7. The average Bonchev–Trinajstić information content (AvgIpc) is 3.27. The maximum Gasteiger partial charge on any atom is 0.335 e. The summed E-state index contributed by atoms with van der Waals surface area (Å²) in [5.41, 5.74) is 1.43. The standard InChI is InChI=1S/C20H36ClNO5Si2.C14H18ClNO4/c1-12(2)28(13(3)4)25-17-16(10-21)20(11-23,22-9)19(24)18(17)26-29(27-28,14(5)6)15(7)8;1-6-14(16-5)8(2)12(19-9(3)17)13(11(14)7-15)20-10(4)18/h10,12-15,17-19,23-24H,11H2,1-8H3;7-8,12-13H,6H2,1-4H3/b16-10-;11-7-/t17-,18-,19-,20+;8-,12+,13-,14-/m00/s1. The Kier molecular flexibility index (Phi) is 14.8. The third-order valence-corrected chi connectivity index (χ3v) is 21.2. The van der Waals surface area contributed by atoms with Crippen LogP contribution in [0, 0.1) is 19.1 Å². The smallest absolute Gasteiger partial charge is 0.335 e. The zero-order valence-electron chi connectivity index (χ0n) is 30.7. The lowest BCUT2D eigenvalue weighted by Gasteiger charge is -2.46. The molecule has 2 aliphatic carbocycles. The number of carbonyl (C=O) groups is 2. The minimum Gasteiger partial charge on any atom is -0.458 e. The van der Waals surface area contributed by atoms with E-state index in [-0.39, 0.29) is 28.1 Å². The summed E-state index contributed by atoms with van der Waals surface area (Å²) in [6.45, 7) is 37.7. The summed E-state index contributed by atoms with van der Waals surface area (Å²) in [6.07, 6.45) is -3.78. The lowest BCUT2D eigenvalue weighted by Crippen LogP contribution is -2.60. The molecular weight excluding hydrogens is 707 g/mol. The summed E-state index contributed by atoms with van der Waals surface area (Å²) in [7, 11) is -5.75. The summed E-state index contributed by atoms with van der Waals surface area (Å²) in [5, 5.41) is 21.3. The van der Waals surface area contributed by atoms with Gasteiger partial charge in [-0.25, -0.2) is 13.1 Å². The van der Waals surface area contributed by atoms with E-state index in [0.29, 0.717) is 17.6 Å². The quantitative estimate of drug-likeness (QED) is 0.151. The number of halogens is 2. The lowest BCUT2D eigenvalue weighted by atomic mass is 9.83. The Labute approximate surface area is 304 Å². The zero-order chi connectivity index (χ0) is 37.9. The topological polar surface area (TPSA) is 129 Å². The molecule has 0 unspecified atom stereocenters. The number of fused-ring (bicyclic) bond motifs is 1. The van der Waals surface area contributed by atoms with Gasteiger partial charge in [-0.2, -0.15) is 0 Å². The Morgan fingerprint density at radius 2 is 1.33 bits per heavy atom. The number of rotatable bonds is 8. The second kappa shape index (κ2) is 16.7. The van der Waals surface area contributed by atoms with Gasteiger partial charge in [-0.05, 0) is 22.2 Å². The maximum absolute atomic E-state index is 11.3. The van der Waals surface area contributed by atoms with Gasteiger partial charge in [0.05, 0.1) is 17.1 Å². The number of carbonyl (C=O) groups excluding carboxylic acids is 2. The molecule has 0 aromatic rings. The fraction of sp³-hybridized carbons (Fsp3) is 0.765. The number of esters is 2. The first-order valence-electron chi connectivity index (χ1n) is 16.8. The van der Waals surface area contributed by atoms with E-state index in [0.717, 1.165) is 0 Å². The van der Waals surface area contributed by atoms with E-state index in [4.69, 9.17) is 58.8 Å². The van der Waals surface area contributed by atoms with E-state index >= 15 is 0 Å². The number of nitrogens with zero attached hydrogens (tertiary/aromatic N) is 2. The number of hydrogen-bond acceptors (Lipinski definition) is 9.